The maximum atomic E-state index is 12.2. The maximum Gasteiger partial charge on any atom is 0.271 e. The number of nitrogens with one attached hydrogen (secondary N) is 2. The van der Waals surface area contributed by atoms with Crippen LogP contribution in [0.4, 0.5) is 11.5 Å². The Morgan fingerprint density at radius 1 is 1.07 bits per heavy atom. The van der Waals surface area contributed by atoms with Crippen molar-refractivity contribution < 1.29 is 4.79 Å². The van der Waals surface area contributed by atoms with Gasteiger partial charge >= 0.3 is 0 Å². The minimum atomic E-state index is -0.267. The third-order valence-electron chi connectivity index (χ3n) is 4.24. The van der Waals surface area contributed by atoms with Crippen LogP contribution in [-0.2, 0) is 6.54 Å². The van der Waals surface area contributed by atoms with Crippen LogP contribution in [0.15, 0.2) is 55.1 Å². The summed E-state index contributed by atoms with van der Waals surface area (Å²) in [5.74, 6) is 0.726. The van der Waals surface area contributed by atoms with Crippen molar-refractivity contribution in [2.24, 2.45) is 0 Å². The van der Waals surface area contributed by atoms with Gasteiger partial charge in [-0.05, 0) is 35.6 Å². The summed E-state index contributed by atoms with van der Waals surface area (Å²) in [7, 11) is 0. The highest BCUT2D eigenvalue weighted by molar-refractivity contribution is 5.92. The fourth-order valence-corrected chi connectivity index (χ4v) is 2.76. The number of carbonyl (C=O) groups excluding carboxylic acids is 1. The molecule has 2 N–H and O–H groups in total. The normalized spacial score (nSPS) is 10.7. The van der Waals surface area contributed by atoms with Gasteiger partial charge in [0.25, 0.3) is 5.91 Å². The minimum absolute atomic E-state index is 0.267. The van der Waals surface area contributed by atoms with Crippen LogP contribution in [0.25, 0.3) is 0 Å². The molecule has 0 aliphatic carbocycles. The lowest BCUT2D eigenvalue weighted by Crippen LogP contribution is -2.24. The monoisotopic (exact) mass is 361 g/mol. The molecule has 0 bridgehead atoms. The predicted octanol–water partition coefficient (Wildman–Crippen LogP) is 3.98. The fraction of sp³-hybridized carbons (Fsp3) is 0.238. The number of anilines is 2. The van der Waals surface area contributed by atoms with Crippen LogP contribution in [0, 0.1) is 6.92 Å². The molecule has 27 heavy (non-hydrogen) atoms. The van der Waals surface area contributed by atoms with Gasteiger partial charge in [0.15, 0.2) is 0 Å². The van der Waals surface area contributed by atoms with E-state index in [1.165, 1.54) is 11.8 Å². The van der Waals surface area contributed by atoms with Gasteiger partial charge in [-0.2, -0.15) is 0 Å². The molecule has 1 aromatic carbocycles. The number of hydrogen-bond acceptors (Lipinski definition) is 5. The van der Waals surface area contributed by atoms with Gasteiger partial charge in [0.2, 0.25) is 0 Å². The first-order valence-corrected chi connectivity index (χ1v) is 8.90. The molecule has 2 heterocycles. The van der Waals surface area contributed by atoms with Crippen molar-refractivity contribution in [3.8, 4) is 0 Å². The van der Waals surface area contributed by atoms with E-state index in [2.05, 4.69) is 64.6 Å². The van der Waals surface area contributed by atoms with E-state index in [1.54, 1.807) is 18.6 Å². The number of amides is 1. The zero-order chi connectivity index (χ0) is 19.2. The minimum Gasteiger partial charge on any atom is -0.347 e. The lowest BCUT2D eigenvalue weighted by Gasteiger charge is -2.16. The molecule has 6 nitrogen and oxygen atoms in total. The molecule has 0 atom stereocenters. The summed E-state index contributed by atoms with van der Waals surface area (Å²) in [6.07, 6.45) is 6.47. The van der Waals surface area contributed by atoms with Crippen molar-refractivity contribution in [3.63, 3.8) is 0 Å². The number of rotatable bonds is 6. The van der Waals surface area contributed by atoms with E-state index in [0.29, 0.717) is 18.3 Å². The van der Waals surface area contributed by atoms with Gasteiger partial charge in [-0.3, -0.25) is 9.78 Å². The molecule has 0 saturated carbocycles. The van der Waals surface area contributed by atoms with Crippen LogP contribution in [-0.4, -0.2) is 20.9 Å². The Hall–Kier alpha value is -3.28. The summed E-state index contributed by atoms with van der Waals surface area (Å²) in [6.45, 7) is 6.76. The molecule has 138 valence electrons. The molecule has 0 spiro atoms. The molecule has 0 radical (unpaired) electrons. The molecule has 2 aromatic heterocycles. The molecule has 6 heteroatoms. The molecular weight excluding hydrogens is 338 g/mol. The highest BCUT2D eigenvalue weighted by Gasteiger charge is 2.11. The molecule has 0 aliphatic rings. The van der Waals surface area contributed by atoms with Crippen molar-refractivity contribution in [1.82, 2.24) is 20.3 Å². The van der Waals surface area contributed by atoms with Crippen molar-refractivity contribution in [2.45, 2.75) is 33.2 Å². The van der Waals surface area contributed by atoms with Gasteiger partial charge < -0.3 is 10.6 Å². The van der Waals surface area contributed by atoms with E-state index in [0.717, 1.165) is 16.8 Å². The number of hydrogen-bond donors (Lipinski definition) is 2. The summed E-state index contributed by atoms with van der Waals surface area (Å²) >= 11 is 0. The van der Waals surface area contributed by atoms with Crippen molar-refractivity contribution in [1.29, 1.82) is 0 Å². The zero-order valence-corrected chi connectivity index (χ0v) is 15.7. The lowest BCUT2D eigenvalue weighted by molar-refractivity contribution is 0.0945. The molecule has 0 fully saturated rings. The number of aromatic nitrogens is 3. The van der Waals surface area contributed by atoms with Gasteiger partial charge in [-0.25, -0.2) is 9.97 Å². The average Bonchev–Trinajstić information content (AvgIpc) is 2.69. The standard InChI is InChI=1S/C21H23N5O/c1-14(2)17-8-4-6-15(3)20(17)26-19-13-23-18(12-24-19)21(27)25-11-16-7-5-9-22-10-16/h4-10,12-14H,11H2,1-3H3,(H,24,26)(H,25,27). The third kappa shape index (κ3) is 4.67. The number of aryl methyl sites for hydroxylation is 1. The first-order valence-electron chi connectivity index (χ1n) is 8.90. The highest BCUT2D eigenvalue weighted by atomic mass is 16.1. The van der Waals surface area contributed by atoms with E-state index >= 15 is 0 Å². The number of pyridine rings is 1. The molecule has 0 unspecified atom stereocenters. The van der Waals surface area contributed by atoms with E-state index in [1.807, 2.05) is 12.1 Å². The van der Waals surface area contributed by atoms with Crippen molar-refractivity contribution >= 4 is 17.4 Å². The lowest BCUT2D eigenvalue weighted by atomic mass is 9.98. The summed E-state index contributed by atoms with van der Waals surface area (Å²) in [5, 5.41) is 6.15. The van der Waals surface area contributed by atoms with E-state index < -0.39 is 0 Å². The Bertz CT molecular complexity index is 908. The molecule has 1 amide bonds. The van der Waals surface area contributed by atoms with Gasteiger partial charge in [-0.15, -0.1) is 0 Å². The van der Waals surface area contributed by atoms with Crippen LogP contribution >= 0.6 is 0 Å². The Kier molecular flexibility index (Phi) is 5.76. The molecule has 3 aromatic rings. The Balaban J connectivity index is 1.68. The number of nitrogens with zero attached hydrogens (tertiary/aromatic N) is 3. The third-order valence-corrected chi connectivity index (χ3v) is 4.24. The summed E-state index contributed by atoms with van der Waals surface area (Å²) in [4.78, 5) is 24.8. The number of benzene rings is 1. The number of para-hydroxylation sites is 1. The largest absolute Gasteiger partial charge is 0.347 e. The van der Waals surface area contributed by atoms with Crippen LogP contribution < -0.4 is 10.6 Å². The quantitative estimate of drug-likeness (QED) is 0.694. The fourth-order valence-electron chi connectivity index (χ4n) is 2.76. The average molecular weight is 361 g/mol. The smallest absolute Gasteiger partial charge is 0.271 e. The predicted molar refractivity (Wildman–Crippen MR) is 106 cm³/mol. The second-order valence-electron chi connectivity index (χ2n) is 6.65. The molecule has 3 rings (SSSR count). The summed E-state index contributed by atoms with van der Waals surface area (Å²) < 4.78 is 0. The van der Waals surface area contributed by atoms with Crippen molar-refractivity contribution in [2.75, 3.05) is 5.32 Å². The highest BCUT2D eigenvalue weighted by Crippen LogP contribution is 2.29. The molecule has 0 aliphatic heterocycles. The number of carbonyl (C=O) groups is 1. The van der Waals surface area contributed by atoms with Gasteiger partial charge in [0.1, 0.15) is 11.5 Å². The van der Waals surface area contributed by atoms with Crippen LogP contribution in [0.5, 0.6) is 0 Å². The van der Waals surface area contributed by atoms with E-state index in [4.69, 9.17) is 0 Å². The SMILES string of the molecule is Cc1cccc(C(C)C)c1Nc1cnc(C(=O)NCc2cccnc2)cn1. The first-order chi connectivity index (χ1) is 13.0. The molecular formula is C21H23N5O. The Labute approximate surface area is 159 Å². The first kappa shape index (κ1) is 18.5. The van der Waals surface area contributed by atoms with Crippen molar-refractivity contribution in [3.05, 3.63) is 77.5 Å². The van der Waals surface area contributed by atoms with Gasteiger partial charge in [0.05, 0.1) is 12.4 Å². The van der Waals surface area contributed by atoms with Crippen LogP contribution in [0.2, 0.25) is 0 Å². The summed E-state index contributed by atoms with van der Waals surface area (Å²) in [6, 6.07) is 9.95. The van der Waals surface area contributed by atoms with Gasteiger partial charge in [-0.1, -0.05) is 38.1 Å². The second-order valence-corrected chi connectivity index (χ2v) is 6.65. The van der Waals surface area contributed by atoms with Gasteiger partial charge in [0, 0.05) is 24.6 Å². The Morgan fingerprint density at radius 3 is 2.59 bits per heavy atom. The second kappa shape index (κ2) is 8.40. The topological polar surface area (TPSA) is 79.8 Å². The van der Waals surface area contributed by atoms with E-state index in [-0.39, 0.29) is 11.6 Å². The molecule has 0 saturated heterocycles. The zero-order valence-electron chi connectivity index (χ0n) is 15.7. The Morgan fingerprint density at radius 2 is 1.93 bits per heavy atom. The van der Waals surface area contributed by atoms with E-state index in [9.17, 15) is 4.79 Å². The van der Waals surface area contributed by atoms with Crippen LogP contribution in [0.3, 0.4) is 0 Å². The van der Waals surface area contributed by atoms with Crippen LogP contribution in [0.1, 0.15) is 46.9 Å². The maximum absolute atomic E-state index is 12.2. The summed E-state index contributed by atoms with van der Waals surface area (Å²) in [5.41, 5.74) is 4.60.